The van der Waals surface area contributed by atoms with Crippen LogP contribution in [0.4, 0.5) is 5.69 Å². The normalized spacial score (nSPS) is 16.6. The summed E-state index contributed by atoms with van der Waals surface area (Å²) in [5.74, 6) is 0. The molecule has 20 heavy (non-hydrogen) atoms. The molecule has 1 aliphatic carbocycles. The SMILES string of the molecule is C(=N/Nc1ccccc1)/c1ccn(C2CCCCC2)c1. The lowest BCUT2D eigenvalue weighted by Crippen LogP contribution is -2.10. The summed E-state index contributed by atoms with van der Waals surface area (Å²) < 4.78 is 2.35. The third-order valence-corrected chi connectivity index (χ3v) is 3.91. The number of anilines is 1. The number of para-hydroxylation sites is 1. The van der Waals surface area contributed by atoms with E-state index >= 15 is 0 Å². The molecule has 2 aromatic rings. The van der Waals surface area contributed by atoms with Crippen molar-refractivity contribution in [3.8, 4) is 0 Å². The molecule has 0 saturated heterocycles. The minimum absolute atomic E-state index is 0.688. The molecule has 1 heterocycles. The van der Waals surface area contributed by atoms with Gasteiger partial charge in [-0.3, -0.25) is 5.43 Å². The van der Waals surface area contributed by atoms with E-state index in [0.717, 1.165) is 11.3 Å². The first kappa shape index (κ1) is 13.0. The van der Waals surface area contributed by atoms with Gasteiger partial charge in [0.2, 0.25) is 0 Å². The quantitative estimate of drug-likeness (QED) is 0.644. The summed E-state index contributed by atoms with van der Waals surface area (Å²) in [6.45, 7) is 0. The molecule has 0 bridgehead atoms. The minimum atomic E-state index is 0.688. The van der Waals surface area contributed by atoms with Crippen LogP contribution in [-0.4, -0.2) is 10.8 Å². The van der Waals surface area contributed by atoms with E-state index in [1.807, 2.05) is 36.5 Å². The zero-order valence-electron chi connectivity index (χ0n) is 11.7. The summed E-state index contributed by atoms with van der Waals surface area (Å²) in [6.07, 6.45) is 13.0. The Morgan fingerprint density at radius 1 is 1.05 bits per heavy atom. The number of hydrogen-bond donors (Lipinski definition) is 1. The predicted molar refractivity (Wildman–Crippen MR) is 84.2 cm³/mol. The lowest BCUT2D eigenvalue weighted by atomic mass is 9.95. The second-order valence-corrected chi connectivity index (χ2v) is 5.42. The molecular weight excluding hydrogens is 246 g/mol. The largest absolute Gasteiger partial charge is 0.351 e. The average Bonchev–Trinajstić information content (AvgIpc) is 2.98. The summed E-state index contributed by atoms with van der Waals surface area (Å²) in [5, 5.41) is 4.28. The first-order valence-corrected chi connectivity index (χ1v) is 7.43. The van der Waals surface area contributed by atoms with Crippen LogP contribution < -0.4 is 5.43 Å². The van der Waals surface area contributed by atoms with Crippen LogP contribution in [0.5, 0.6) is 0 Å². The molecule has 1 aromatic heterocycles. The van der Waals surface area contributed by atoms with Gasteiger partial charge in [-0.05, 0) is 31.0 Å². The molecule has 1 aliphatic rings. The third-order valence-electron chi connectivity index (χ3n) is 3.91. The number of nitrogens with zero attached hydrogens (tertiary/aromatic N) is 2. The molecule has 1 N–H and O–H groups in total. The van der Waals surface area contributed by atoms with Crippen molar-refractivity contribution in [2.24, 2.45) is 5.10 Å². The van der Waals surface area contributed by atoms with Gasteiger partial charge >= 0.3 is 0 Å². The number of nitrogens with one attached hydrogen (secondary N) is 1. The Morgan fingerprint density at radius 2 is 1.85 bits per heavy atom. The smallest absolute Gasteiger partial charge is 0.0561 e. The molecule has 0 unspecified atom stereocenters. The highest BCUT2D eigenvalue weighted by Crippen LogP contribution is 2.28. The van der Waals surface area contributed by atoms with Crippen LogP contribution in [-0.2, 0) is 0 Å². The number of hydrazone groups is 1. The summed E-state index contributed by atoms with van der Waals surface area (Å²) >= 11 is 0. The maximum absolute atomic E-state index is 4.28. The lowest BCUT2D eigenvalue weighted by molar-refractivity contribution is 0.354. The highest BCUT2D eigenvalue weighted by molar-refractivity contribution is 5.79. The zero-order chi connectivity index (χ0) is 13.6. The molecule has 3 nitrogen and oxygen atoms in total. The van der Waals surface area contributed by atoms with E-state index in [9.17, 15) is 0 Å². The van der Waals surface area contributed by atoms with E-state index in [-0.39, 0.29) is 0 Å². The van der Waals surface area contributed by atoms with E-state index in [0.29, 0.717) is 6.04 Å². The van der Waals surface area contributed by atoms with Gasteiger partial charge in [-0.2, -0.15) is 5.10 Å². The van der Waals surface area contributed by atoms with Crippen LogP contribution in [0.25, 0.3) is 0 Å². The van der Waals surface area contributed by atoms with E-state index in [4.69, 9.17) is 0 Å². The van der Waals surface area contributed by atoms with Crippen molar-refractivity contribution in [2.45, 2.75) is 38.1 Å². The molecule has 1 saturated carbocycles. The fraction of sp³-hybridized carbons (Fsp3) is 0.353. The Morgan fingerprint density at radius 3 is 2.65 bits per heavy atom. The summed E-state index contributed by atoms with van der Waals surface area (Å²) in [4.78, 5) is 0. The average molecular weight is 267 g/mol. The van der Waals surface area contributed by atoms with Crippen LogP contribution in [0.1, 0.15) is 43.7 Å². The van der Waals surface area contributed by atoms with Gasteiger partial charge in [-0.1, -0.05) is 37.5 Å². The van der Waals surface area contributed by atoms with E-state index in [1.54, 1.807) is 0 Å². The van der Waals surface area contributed by atoms with Crippen molar-refractivity contribution in [3.63, 3.8) is 0 Å². The van der Waals surface area contributed by atoms with E-state index in [2.05, 4.69) is 33.6 Å². The predicted octanol–water partition coefficient (Wildman–Crippen LogP) is 4.44. The van der Waals surface area contributed by atoms with E-state index < -0.39 is 0 Å². The minimum Gasteiger partial charge on any atom is -0.351 e. The first-order valence-electron chi connectivity index (χ1n) is 7.43. The molecule has 0 radical (unpaired) electrons. The van der Waals surface area contributed by atoms with Crippen molar-refractivity contribution in [3.05, 3.63) is 54.4 Å². The van der Waals surface area contributed by atoms with Crippen molar-refractivity contribution < 1.29 is 0 Å². The Hall–Kier alpha value is -2.03. The second kappa shape index (κ2) is 6.42. The first-order chi connectivity index (χ1) is 9.92. The van der Waals surface area contributed by atoms with Crippen molar-refractivity contribution >= 4 is 11.9 Å². The third kappa shape index (κ3) is 3.29. The number of hydrogen-bond acceptors (Lipinski definition) is 2. The molecule has 0 atom stereocenters. The topological polar surface area (TPSA) is 29.3 Å². The van der Waals surface area contributed by atoms with Gasteiger partial charge in [-0.15, -0.1) is 0 Å². The fourth-order valence-corrected chi connectivity index (χ4v) is 2.81. The van der Waals surface area contributed by atoms with Gasteiger partial charge in [0.05, 0.1) is 11.9 Å². The monoisotopic (exact) mass is 267 g/mol. The Kier molecular flexibility index (Phi) is 4.16. The summed E-state index contributed by atoms with van der Waals surface area (Å²) in [6, 6.07) is 12.8. The van der Waals surface area contributed by atoms with Crippen LogP contribution in [0.15, 0.2) is 53.9 Å². The van der Waals surface area contributed by atoms with Crippen LogP contribution in [0, 0.1) is 0 Å². The number of rotatable bonds is 4. The maximum atomic E-state index is 4.28. The number of aromatic nitrogens is 1. The highest BCUT2D eigenvalue weighted by atomic mass is 15.3. The summed E-state index contributed by atoms with van der Waals surface area (Å²) in [7, 11) is 0. The maximum Gasteiger partial charge on any atom is 0.0561 e. The fourth-order valence-electron chi connectivity index (χ4n) is 2.81. The van der Waals surface area contributed by atoms with Crippen LogP contribution >= 0.6 is 0 Å². The Labute approximate surface area is 120 Å². The molecule has 0 spiro atoms. The number of benzene rings is 1. The van der Waals surface area contributed by atoms with Gasteiger partial charge in [0, 0.05) is 24.0 Å². The standard InChI is InChI=1S/C17H21N3/c1-3-7-16(8-4-1)19-18-13-15-11-12-20(14-15)17-9-5-2-6-10-17/h1,3-4,7-8,11-14,17,19H,2,5-6,9-10H2/b18-13-. The van der Waals surface area contributed by atoms with Crippen molar-refractivity contribution in [2.75, 3.05) is 5.43 Å². The summed E-state index contributed by atoms with van der Waals surface area (Å²) in [5.41, 5.74) is 5.20. The van der Waals surface area contributed by atoms with Crippen LogP contribution in [0.2, 0.25) is 0 Å². The van der Waals surface area contributed by atoms with Gasteiger partial charge in [-0.25, -0.2) is 0 Å². The zero-order valence-corrected chi connectivity index (χ0v) is 11.7. The molecule has 104 valence electrons. The van der Waals surface area contributed by atoms with Gasteiger partial charge < -0.3 is 4.57 Å². The second-order valence-electron chi connectivity index (χ2n) is 5.42. The van der Waals surface area contributed by atoms with Gasteiger partial charge in [0.1, 0.15) is 0 Å². The molecule has 1 aromatic carbocycles. The molecule has 0 amide bonds. The van der Waals surface area contributed by atoms with Crippen molar-refractivity contribution in [1.29, 1.82) is 0 Å². The Bertz CT molecular complexity index is 551. The molecular formula is C17H21N3. The Balaban J connectivity index is 1.59. The molecule has 3 rings (SSSR count). The van der Waals surface area contributed by atoms with Gasteiger partial charge in [0.15, 0.2) is 0 Å². The lowest BCUT2D eigenvalue weighted by Gasteiger charge is -2.23. The highest BCUT2D eigenvalue weighted by Gasteiger charge is 2.14. The van der Waals surface area contributed by atoms with E-state index in [1.165, 1.54) is 32.1 Å². The van der Waals surface area contributed by atoms with Crippen molar-refractivity contribution in [1.82, 2.24) is 4.57 Å². The molecule has 3 heteroatoms. The molecule has 0 aliphatic heterocycles. The van der Waals surface area contributed by atoms with Gasteiger partial charge in [0.25, 0.3) is 0 Å². The van der Waals surface area contributed by atoms with Crippen LogP contribution in [0.3, 0.4) is 0 Å². The molecule has 1 fully saturated rings.